The van der Waals surface area contributed by atoms with Gasteiger partial charge in [0.1, 0.15) is 0 Å². The molecule has 0 aromatic heterocycles. The molecule has 0 aliphatic heterocycles. The lowest BCUT2D eigenvalue weighted by molar-refractivity contribution is 0.591. The Labute approximate surface area is 329 Å². The third-order valence-electron chi connectivity index (χ3n) is 11.0. The highest BCUT2D eigenvalue weighted by Crippen LogP contribution is 2.52. The monoisotopic (exact) mass is 724 g/mol. The van der Waals surface area contributed by atoms with Crippen LogP contribution in [0.3, 0.4) is 0 Å². The van der Waals surface area contributed by atoms with Crippen LogP contribution in [0.15, 0.2) is 140 Å². The van der Waals surface area contributed by atoms with Crippen LogP contribution in [0.25, 0.3) is 21.5 Å². The molecule has 0 aliphatic carbocycles. The summed E-state index contributed by atoms with van der Waals surface area (Å²) in [5.74, 6) is 0.890. The first kappa shape index (κ1) is 37.6. The zero-order chi connectivity index (χ0) is 39.0. The van der Waals surface area contributed by atoms with Crippen LogP contribution in [0, 0.1) is 0 Å². The van der Waals surface area contributed by atoms with Gasteiger partial charge in [-0.1, -0.05) is 109 Å². The molecule has 0 saturated carbocycles. The molecule has 1 N–H and O–H groups in total. The Morgan fingerprint density at radius 2 is 0.836 bits per heavy atom. The van der Waals surface area contributed by atoms with Gasteiger partial charge in [0, 0.05) is 76.8 Å². The number of benzene rings is 7. The van der Waals surface area contributed by atoms with Gasteiger partial charge in [0.15, 0.2) is 0 Å². The molecule has 7 aromatic rings. The normalized spacial score (nSPS) is 11.8. The number of hydrogen-bond acceptors (Lipinski definition) is 4. The summed E-state index contributed by atoms with van der Waals surface area (Å²) in [7, 11) is 6.17. The predicted octanol–water partition coefficient (Wildman–Crippen LogP) is 14.6. The lowest BCUT2D eigenvalue weighted by Gasteiger charge is -2.34. The summed E-state index contributed by atoms with van der Waals surface area (Å²) >= 11 is 0. The van der Waals surface area contributed by atoms with Crippen molar-refractivity contribution < 1.29 is 0 Å². The smallest absolute Gasteiger partial charge is 0.0620 e. The van der Waals surface area contributed by atoms with E-state index in [1.54, 1.807) is 0 Å². The van der Waals surface area contributed by atoms with Crippen molar-refractivity contribution in [2.24, 2.45) is 0 Å². The zero-order valence-electron chi connectivity index (χ0n) is 34.3. The third-order valence-corrected chi connectivity index (χ3v) is 11.0. The Morgan fingerprint density at radius 3 is 1.24 bits per heavy atom. The standard InChI is InChI=1S/C51H56N4/c1-34(2)36-15-22-41(23-16-36)54(43-26-20-39(52-8)21-27-43)49-45-13-11-12-14-46(45)50(48-33-38(51(5,6)7)19-32-47(48)49)55(42-24-17-37(18-25-42)35(3)4)44-30-28-40(29-31-44)53(9)10/h11-35,52H,1-10H3. The number of fused-ring (bicyclic) bond motifs is 2. The van der Waals surface area contributed by atoms with E-state index in [1.165, 1.54) is 55.3 Å². The second-order valence-corrected chi connectivity index (χ2v) is 16.6. The lowest BCUT2D eigenvalue weighted by Crippen LogP contribution is -2.16. The van der Waals surface area contributed by atoms with Gasteiger partial charge >= 0.3 is 0 Å². The van der Waals surface area contributed by atoms with Crippen molar-refractivity contribution in [1.29, 1.82) is 0 Å². The Hall–Kier alpha value is -5.74. The van der Waals surface area contributed by atoms with Crippen molar-refractivity contribution in [3.8, 4) is 0 Å². The summed E-state index contributed by atoms with van der Waals surface area (Å²) in [6, 6.07) is 52.2. The summed E-state index contributed by atoms with van der Waals surface area (Å²) in [5, 5.41) is 8.10. The Balaban J connectivity index is 1.61. The molecule has 4 nitrogen and oxygen atoms in total. The fraction of sp³-hybridized carbons (Fsp3) is 0.255. The molecule has 7 rings (SSSR count). The van der Waals surface area contributed by atoms with Gasteiger partial charge < -0.3 is 20.0 Å². The van der Waals surface area contributed by atoms with Gasteiger partial charge in [-0.05, 0) is 113 Å². The average molecular weight is 725 g/mol. The molecule has 55 heavy (non-hydrogen) atoms. The maximum absolute atomic E-state index is 3.32. The Bertz CT molecular complexity index is 2350. The van der Waals surface area contributed by atoms with Gasteiger partial charge in [0.25, 0.3) is 0 Å². The highest BCUT2D eigenvalue weighted by molar-refractivity contribution is 6.23. The fourth-order valence-electron chi connectivity index (χ4n) is 7.59. The van der Waals surface area contributed by atoms with E-state index in [4.69, 9.17) is 0 Å². The van der Waals surface area contributed by atoms with Crippen LogP contribution in [0.2, 0.25) is 0 Å². The largest absolute Gasteiger partial charge is 0.388 e. The van der Waals surface area contributed by atoms with Crippen LogP contribution in [-0.2, 0) is 5.41 Å². The molecule has 7 aromatic carbocycles. The van der Waals surface area contributed by atoms with Crippen LogP contribution in [-0.4, -0.2) is 21.1 Å². The summed E-state index contributed by atoms with van der Waals surface area (Å²) in [4.78, 5) is 7.10. The minimum absolute atomic E-state index is 0.0519. The van der Waals surface area contributed by atoms with E-state index in [0.717, 1.165) is 28.4 Å². The Morgan fingerprint density at radius 1 is 0.455 bits per heavy atom. The molecule has 0 atom stereocenters. The molecule has 0 spiro atoms. The molecule has 4 heteroatoms. The highest BCUT2D eigenvalue weighted by atomic mass is 15.2. The molecule has 0 saturated heterocycles. The molecule has 0 fully saturated rings. The van der Waals surface area contributed by atoms with E-state index >= 15 is 0 Å². The van der Waals surface area contributed by atoms with E-state index in [0.29, 0.717) is 11.8 Å². The van der Waals surface area contributed by atoms with Crippen molar-refractivity contribution in [2.45, 2.75) is 65.7 Å². The molecule has 0 amide bonds. The van der Waals surface area contributed by atoms with E-state index < -0.39 is 0 Å². The molecule has 280 valence electrons. The highest BCUT2D eigenvalue weighted by Gasteiger charge is 2.27. The molecular weight excluding hydrogens is 669 g/mol. The summed E-state index contributed by atoms with van der Waals surface area (Å²) in [6.45, 7) is 16.0. The van der Waals surface area contributed by atoms with Crippen LogP contribution < -0.4 is 20.0 Å². The van der Waals surface area contributed by atoms with Gasteiger partial charge in [0.05, 0.1) is 11.4 Å². The third kappa shape index (κ3) is 7.38. The van der Waals surface area contributed by atoms with Gasteiger partial charge in [0.2, 0.25) is 0 Å². The van der Waals surface area contributed by atoms with Crippen LogP contribution in [0.1, 0.15) is 77.0 Å². The number of rotatable bonds is 10. The first-order chi connectivity index (χ1) is 26.3. The summed E-state index contributed by atoms with van der Waals surface area (Å²) < 4.78 is 0. The van der Waals surface area contributed by atoms with Crippen LogP contribution in [0.5, 0.6) is 0 Å². The van der Waals surface area contributed by atoms with E-state index in [1.807, 2.05) is 7.05 Å². The zero-order valence-corrected chi connectivity index (χ0v) is 34.3. The minimum atomic E-state index is -0.0519. The second kappa shape index (κ2) is 15.2. The minimum Gasteiger partial charge on any atom is -0.388 e. The maximum Gasteiger partial charge on any atom is 0.0620 e. The van der Waals surface area contributed by atoms with E-state index in [9.17, 15) is 0 Å². The summed E-state index contributed by atoms with van der Waals surface area (Å²) in [5.41, 5.74) is 13.0. The quantitative estimate of drug-likeness (QED) is 0.112. The first-order valence-electron chi connectivity index (χ1n) is 19.7. The van der Waals surface area contributed by atoms with E-state index in [2.05, 4.69) is 222 Å². The van der Waals surface area contributed by atoms with Crippen molar-refractivity contribution in [1.82, 2.24) is 0 Å². The summed E-state index contributed by atoms with van der Waals surface area (Å²) in [6.07, 6.45) is 0. The van der Waals surface area contributed by atoms with Crippen LogP contribution in [0.4, 0.5) is 45.5 Å². The first-order valence-corrected chi connectivity index (χ1v) is 19.7. The molecule has 0 unspecified atom stereocenters. The number of hydrogen-bond donors (Lipinski definition) is 1. The average Bonchev–Trinajstić information content (AvgIpc) is 3.19. The molecule has 0 aliphatic rings. The second-order valence-electron chi connectivity index (χ2n) is 16.6. The number of anilines is 8. The lowest BCUT2D eigenvalue weighted by atomic mass is 9.84. The molecular formula is C51H56N4. The predicted molar refractivity (Wildman–Crippen MR) is 242 cm³/mol. The van der Waals surface area contributed by atoms with Gasteiger partial charge in [-0.3, -0.25) is 0 Å². The number of nitrogens with zero attached hydrogens (tertiary/aromatic N) is 3. The maximum atomic E-state index is 3.32. The van der Waals surface area contributed by atoms with Crippen molar-refractivity contribution in [3.63, 3.8) is 0 Å². The fourth-order valence-corrected chi connectivity index (χ4v) is 7.59. The van der Waals surface area contributed by atoms with Gasteiger partial charge in [-0.15, -0.1) is 0 Å². The van der Waals surface area contributed by atoms with Gasteiger partial charge in [-0.25, -0.2) is 0 Å². The van der Waals surface area contributed by atoms with Crippen LogP contribution >= 0.6 is 0 Å². The topological polar surface area (TPSA) is 21.8 Å². The van der Waals surface area contributed by atoms with Gasteiger partial charge in [-0.2, -0.15) is 0 Å². The molecule has 0 radical (unpaired) electrons. The SMILES string of the molecule is CNc1ccc(N(c2ccc(C(C)C)cc2)c2c3ccccc3c(N(c3ccc(C(C)C)cc3)c3ccc(N(C)C)cc3)c3cc(C(C)(C)C)ccc23)cc1. The number of nitrogens with one attached hydrogen (secondary N) is 1. The van der Waals surface area contributed by atoms with Crippen molar-refractivity contribution in [3.05, 3.63) is 156 Å². The molecule has 0 heterocycles. The van der Waals surface area contributed by atoms with E-state index in [-0.39, 0.29) is 5.41 Å². The molecule has 0 bridgehead atoms. The Kier molecular flexibility index (Phi) is 10.4. The van der Waals surface area contributed by atoms with Crippen molar-refractivity contribution >= 4 is 67.0 Å². The van der Waals surface area contributed by atoms with Crippen molar-refractivity contribution in [2.75, 3.05) is 41.2 Å².